The standard InChI is InChI=1S/C15H10ClFN2/c1-9-14(16)12-7-11(17)4-5-13(12)19-15(9)10-3-2-6-18-8-10/h2-8H,1H3. The lowest BCUT2D eigenvalue weighted by molar-refractivity contribution is 0.629. The van der Waals surface area contributed by atoms with E-state index in [-0.39, 0.29) is 5.82 Å². The summed E-state index contributed by atoms with van der Waals surface area (Å²) in [6, 6.07) is 8.20. The average Bonchev–Trinajstić information content (AvgIpc) is 2.44. The van der Waals surface area contributed by atoms with Crippen LogP contribution in [-0.4, -0.2) is 9.97 Å². The third-order valence-corrected chi connectivity index (χ3v) is 3.53. The number of rotatable bonds is 1. The van der Waals surface area contributed by atoms with Crippen molar-refractivity contribution in [1.82, 2.24) is 9.97 Å². The smallest absolute Gasteiger partial charge is 0.124 e. The Kier molecular flexibility index (Phi) is 2.91. The zero-order valence-electron chi connectivity index (χ0n) is 10.2. The molecule has 0 aliphatic carbocycles. The third-order valence-electron chi connectivity index (χ3n) is 3.05. The van der Waals surface area contributed by atoms with E-state index in [0.29, 0.717) is 15.9 Å². The molecule has 0 aliphatic rings. The second kappa shape index (κ2) is 4.59. The maximum absolute atomic E-state index is 13.3. The van der Waals surface area contributed by atoms with Gasteiger partial charge in [0.15, 0.2) is 0 Å². The van der Waals surface area contributed by atoms with Gasteiger partial charge in [-0.15, -0.1) is 0 Å². The van der Waals surface area contributed by atoms with Crippen LogP contribution >= 0.6 is 11.6 Å². The summed E-state index contributed by atoms with van der Waals surface area (Å²) in [4.78, 5) is 8.64. The van der Waals surface area contributed by atoms with Gasteiger partial charge in [0.05, 0.1) is 16.2 Å². The zero-order chi connectivity index (χ0) is 13.4. The van der Waals surface area contributed by atoms with Crippen molar-refractivity contribution < 1.29 is 4.39 Å². The van der Waals surface area contributed by atoms with Crippen molar-refractivity contribution in [1.29, 1.82) is 0 Å². The van der Waals surface area contributed by atoms with Crippen molar-refractivity contribution in [2.75, 3.05) is 0 Å². The van der Waals surface area contributed by atoms with Crippen LogP contribution < -0.4 is 0 Å². The van der Waals surface area contributed by atoms with Crippen molar-refractivity contribution in [3.63, 3.8) is 0 Å². The minimum absolute atomic E-state index is 0.315. The highest BCUT2D eigenvalue weighted by molar-refractivity contribution is 6.36. The van der Waals surface area contributed by atoms with E-state index in [4.69, 9.17) is 11.6 Å². The zero-order valence-corrected chi connectivity index (χ0v) is 10.9. The van der Waals surface area contributed by atoms with Crippen molar-refractivity contribution in [3.8, 4) is 11.3 Å². The van der Waals surface area contributed by atoms with E-state index in [1.807, 2.05) is 19.1 Å². The SMILES string of the molecule is Cc1c(-c2cccnc2)nc2ccc(F)cc2c1Cl. The van der Waals surface area contributed by atoms with Gasteiger partial charge in [0.2, 0.25) is 0 Å². The van der Waals surface area contributed by atoms with E-state index in [1.165, 1.54) is 12.1 Å². The number of hydrogen-bond donors (Lipinski definition) is 0. The van der Waals surface area contributed by atoms with Crippen LogP contribution in [0.3, 0.4) is 0 Å². The predicted molar refractivity (Wildman–Crippen MR) is 74.7 cm³/mol. The molecule has 0 fully saturated rings. The maximum Gasteiger partial charge on any atom is 0.124 e. The number of fused-ring (bicyclic) bond motifs is 1. The minimum atomic E-state index is -0.315. The Hall–Kier alpha value is -2.00. The molecule has 0 radical (unpaired) electrons. The molecule has 2 aromatic heterocycles. The highest BCUT2D eigenvalue weighted by atomic mass is 35.5. The molecule has 3 rings (SSSR count). The second-order valence-corrected chi connectivity index (χ2v) is 4.68. The van der Waals surface area contributed by atoms with Crippen LogP contribution in [0.4, 0.5) is 4.39 Å². The fourth-order valence-electron chi connectivity index (χ4n) is 2.08. The first kappa shape index (κ1) is 12.1. The maximum atomic E-state index is 13.3. The van der Waals surface area contributed by atoms with E-state index in [0.717, 1.165) is 16.8 Å². The highest BCUT2D eigenvalue weighted by Crippen LogP contribution is 2.32. The Morgan fingerprint density at radius 1 is 1.21 bits per heavy atom. The number of pyridine rings is 2. The Morgan fingerprint density at radius 2 is 2.05 bits per heavy atom. The molecule has 4 heteroatoms. The number of halogens is 2. The number of aromatic nitrogens is 2. The molecule has 0 unspecified atom stereocenters. The van der Waals surface area contributed by atoms with Gasteiger partial charge in [-0.05, 0) is 42.8 Å². The molecule has 0 saturated heterocycles. The molecule has 0 N–H and O–H groups in total. The van der Waals surface area contributed by atoms with Crippen LogP contribution in [0, 0.1) is 12.7 Å². The number of hydrogen-bond acceptors (Lipinski definition) is 2. The molecule has 0 aliphatic heterocycles. The van der Waals surface area contributed by atoms with Crippen LogP contribution in [0.5, 0.6) is 0 Å². The van der Waals surface area contributed by atoms with Crippen molar-refractivity contribution in [2.45, 2.75) is 6.92 Å². The van der Waals surface area contributed by atoms with Crippen LogP contribution in [0.1, 0.15) is 5.56 Å². The van der Waals surface area contributed by atoms with Crippen LogP contribution in [0.25, 0.3) is 22.2 Å². The summed E-state index contributed by atoms with van der Waals surface area (Å²) in [5.74, 6) is -0.315. The largest absolute Gasteiger partial charge is 0.264 e. The first-order chi connectivity index (χ1) is 9.16. The Balaban J connectivity index is 2.34. The summed E-state index contributed by atoms with van der Waals surface area (Å²) < 4.78 is 13.3. The molecular formula is C15H10ClFN2. The molecule has 94 valence electrons. The van der Waals surface area contributed by atoms with E-state index in [2.05, 4.69) is 9.97 Å². The first-order valence-electron chi connectivity index (χ1n) is 5.82. The Bertz CT molecular complexity index is 757. The van der Waals surface area contributed by atoms with E-state index in [9.17, 15) is 4.39 Å². The van der Waals surface area contributed by atoms with Crippen LogP contribution in [-0.2, 0) is 0 Å². The molecule has 0 bridgehead atoms. The quantitative estimate of drug-likeness (QED) is 0.656. The molecule has 0 atom stereocenters. The number of nitrogens with zero attached hydrogens (tertiary/aromatic N) is 2. The second-order valence-electron chi connectivity index (χ2n) is 4.30. The summed E-state index contributed by atoms with van der Waals surface area (Å²) in [6.07, 6.45) is 3.44. The summed E-state index contributed by atoms with van der Waals surface area (Å²) in [5.41, 5.74) is 3.17. The molecular weight excluding hydrogens is 263 g/mol. The molecule has 19 heavy (non-hydrogen) atoms. The van der Waals surface area contributed by atoms with Crippen LogP contribution in [0.2, 0.25) is 5.02 Å². The van der Waals surface area contributed by atoms with Gasteiger partial charge < -0.3 is 0 Å². The summed E-state index contributed by atoms with van der Waals surface area (Å²) >= 11 is 6.33. The van der Waals surface area contributed by atoms with Gasteiger partial charge in [-0.25, -0.2) is 9.37 Å². The van der Waals surface area contributed by atoms with Gasteiger partial charge in [0.25, 0.3) is 0 Å². The number of benzene rings is 1. The minimum Gasteiger partial charge on any atom is -0.264 e. The van der Waals surface area contributed by atoms with Gasteiger partial charge in [-0.2, -0.15) is 0 Å². The lowest BCUT2D eigenvalue weighted by Gasteiger charge is -2.10. The monoisotopic (exact) mass is 272 g/mol. The van der Waals surface area contributed by atoms with E-state index < -0.39 is 0 Å². The Labute approximate surface area is 114 Å². The van der Waals surface area contributed by atoms with Crippen molar-refractivity contribution in [2.24, 2.45) is 0 Å². The first-order valence-corrected chi connectivity index (χ1v) is 6.20. The van der Waals surface area contributed by atoms with Gasteiger partial charge in [-0.1, -0.05) is 11.6 Å². The van der Waals surface area contributed by atoms with Crippen molar-refractivity contribution >= 4 is 22.5 Å². The van der Waals surface area contributed by atoms with Gasteiger partial charge >= 0.3 is 0 Å². The van der Waals surface area contributed by atoms with E-state index in [1.54, 1.807) is 18.5 Å². The summed E-state index contributed by atoms with van der Waals surface area (Å²) in [5, 5.41) is 1.16. The highest BCUT2D eigenvalue weighted by Gasteiger charge is 2.12. The van der Waals surface area contributed by atoms with Crippen LogP contribution in [0.15, 0.2) is 42.7 Å². The third kappa shape index (κ3) is 2.06. The lowest BCUT2D eigenvalue weighted by Crippen LogP contribution is -1.93. The fourth-order valence-corrected chi connectivity index (χ4v) is 2.32. The summed E-state index contributed by atoms with van der Waals surface area (Å²) in [6.45, 7) is 1.88. The average molecular weight is 273 g/mol. The molecule has 0 amide bonds. The molecule has 3 aromatic rings. The lowest BCUT2D eigenvalue weighted by atomic mass is 10.1. The van der Waals surface area contributed by atoms with Gasteiger partial charge in [-0.3, -0.25) is 4.98 Å². The predicted octanol–water partition coefficient (Wildman–Crippen LogP) is 4.40. The van der Waals surface area contributed by atoms with Gasteiger partial charge in [0, 0.05) is 23.3 Å². The topological polar surface area (TPSA) is 25.8 Å². The molecule has 1 aromatic carbocycles. The van der Waals surface area contributed by atoms with E-state index >= 15 is 0 Å². The Morgan fingerprint density at radius 3 is 2.79 bits per heavy atom. The fraction of sp³-hybridized carbons (Fsp3) is 0.0667. The van der Waals surface area contributed by atoms with Gasteiger partial charge in [0.1, 0.15) is 5.82 Å². The summed E-state index contributed by atoms with van der Waals surface area (Å²) in [7, 11) is 0. The molecule has 2 heterocycles. The normalized spacial score (nSPS) is 10.9. The molecule has 0 saturated carbocycles. The van der Waals surface area contributed by atoms with Crippen molar-refractivity contribution in [3.05, 3.63) is 59.1 Å². The molecule has 2 nitrogen and oxygen atoms in total. The molecule has 0 spiro atoms.